The van der Waals surface area contributed by atoms with Crippen molar-refractivity contribution < 1.29 is 13.9 Å². The maximum atomic E-state index is 13.5. The van der Waals surface area contributed by atoms with Crippen molar-refractivity contribution in [3.63, 3.8) is 0 Å². The monoisotopic (exact) mass is 339 g/mol. The van der Waals surface area contributed by atoms with Crippen molar-refractivity contribution in [1.29, 1.82) is 0 Å². The van der Waals surface area contributed by atoms with Crippen LogP contribution in [0.3, 0.4) is 0 Å². The van der Waals surface area contributed by atoms with Crippen LogP contribution in [-0.2, 0) is 6.54 Å². The largest absolute Gasteiger partial charge is 0.495 e. The third-order valence-corrected chi connectivity index (χ3v) is 3.81. The number of ether oxygens (including phenoxy) is 2. The molecule has 0 saturated heterocycles. The standard InChI is InChI=1S/C15H15BrFNO2/c1-19-13-6-4-11(15(20-2)14(13)16)9-3-5-12(17)10(7-9)8-18/h3-7H,8,18H2,1-2H3. The van der Waals surface area contributed by atoms with Gasteiger partial charge in [0.05, 0.1) is 14.2 Å². The van der Waals surface area contributed by atoms with Gasteiger partial charge in [0.1, 0.15) is 21.8 Å². The molecule has 0 atom stereocenters. The molecule has 0 fully saturated rings. The van der Waals surface area contributed by atoms with Crippen LogP contribution >= 0.6 is 15.9 Å². The molecule has 5 heteroatoms. The van der Waals surface area contributed by atoms with Crippen LogP contribution in [0.4, 0.5) is 4.39 Å². The molecule has 0 aliphatic heterocycles. The van der Waals surface area contributed by atoms with Crippen molar-refractivity contribution in [3.05, 3.63) is 46.2 Å². The van der Waals surface area contributed by atoms with Crippen molar-refractivity contribution in [2.45, 2.75) is 6.54 Å². The summed E-state index contributed by atoms with van der Waals surface area (Å²) in [5.41, 5.74) is 7.69. The lowest BCUT2D eigenvalue weighted by Gasteiger charge is -2.14. The molecule has 3 nitrogen and oxygen atoms in total. The maximum absolute atomic E-state index is 13.5. The van der Waals surface area contributed by atoms with Crippen LogP contribution in [0.5, 0.6) is 11.5 Å². The van der Waals surface area contributed by atoms with Crippen molar-refractivity contribution >= 4 is 15.9 Å². The Kier molecular flexibility index (Phi) is 4.62. The number of nitrogens with two attached hydrogens (primary N) is 1. The van der Waals surface area contributed by atoms with Gasteiger partial charge in [0, 0.05) is 17.7 Å². The van der Waals surface area contributed by atoms with Gasteiger partial charge in [-0.3, -0.25) is 0 Å². The highest BCUT2D eigenvalue weighted by molar-refractivity contribution is 9.10. The minimum Gasteiger partial charge on any atom is -0.495 e. The van der Waals surface area contributed by atoms with Crippen LogP contribution in [0.2, 0.25) is 0 Å². The van der Waals surface area contributed by atoms with Gasteiger partial charge in [0.15, 0.2) is 0 Å². The lowest BCUT2D eigenvalue weighted by Crippen LogP contribution is -2.00. The zero-order chi connectivity index (χ0) is 14.7. The third kappa shape index (κ3) is 2.64. The summed E-state index contributed by atoms with van der Waals surface area (Å²) in [5.74, 6) is 1.01. The number of benzene rings is 2. The van der Waals surface area contributed by atoms with Crippen LogP contribution in [0.1, 0.15) is 5.56 Å². The third-order valence-electron chi connectivity index (χ3n) is 3.06. The van der Waals surface area contributed by atoms with Gasteiger partial charge in [-0.15, -0.1) is 0 Å². The fourth-order valence-corrected chi connectivity index (χ4v) is 2.69. The molecule has 0 aliphatic carbocycles. The second-order valence-corrected chi connectivity index (χ2v) is 4.97. The van der Waals surface area contributed by atoms with E-state index >= 15 is 0 Å². The Hall–Kier alpha value is -1.59. The molecular formula is C15H15BrFNO2. The Labute approximate surface area is 125 Å². The Morgan fingerprint density at radius 2 is 1.90 bits per heavy atom. The summed E-state index contributed by atoms with van der Waals surface area (Å²) in [6, 6.07) is 8.54. The number of hydrogen-bond donors (Lipinski definition) is 1. The van der Waals surface area contributed by atoms with Gasteiger partial charge in [0.25, 0.3) is 0 Å². The molecule has 0 heterocycles. The zero-order valence-corrected chi connectivity index (χ0v) is 12.8. The van der Waals surface area contributed by atoms with Crippen molar-refractivity contribution in [2.24, 2.45) is 5.73 Å². The van der Waals surface area contributed by atoms with E-state index in [2.05, 4.69) is 15.9 Å². The lowest BCUT2D eigenvalue weighted by molar-refractivity contribution is 0.390. The van der Waals surface area contributed by atoms with E-state index in [0.29, 0.717) is 17.1 Å². The molecule has 0 spiro atoms. The first-order valence-corrected chi connectivity index (χ1v) is 6.81. The second-order valence-electron chi connectivity index (χ2n) is 4.17. The summed E-state index contributed by atoms with van der Waals surface area (Å²) in [4.78, 5) is 0. The highest BCUT2D eigenvalue weighted by Crippen LogP contribution is 2.42. The molecule has 0 amide bonds. The number of hydrogen-bond acceptors (Lipinski definition) is 3. The minimum absolute atomic E-state index is 0.152. The molecule has 2 N–H and O–H groups in total. The Balaban J connectivity index is 2.60. The van der Waals surface area contributed by atoms with E-state index in [4.69, 9.17) is 15.2 Å². The van der Waals surface area contributed by atoms with Gasteiger partial charge in [0.2, 0.25) is 0 Å². The van der Waals surface area contributed by atoms with Crippen LogP contribution in [0, 0.1) is 5.82 Å². The highest BCUT2D eigenvalue weighted by Gasteiger charge is 2.15. The summed E-state index contributed by atoms with van der Waals surface area (Å²) < 4.78 is 24.9. The average Bonchev–Trinajstić information content (AvgIpc) is 2.47. The molecule has 0 aliphatic rings. The predicted octanol–water partition coefficient (Wildman–Crippen LogP) is 3.73. The topological polar surface area (TPSA) is 44.5 Å². The smallest absolute Gasteiger partial charge is 0.144 e. The second kappa shape index (κ2) is 6.24. The van der Waals surface area contributed by atoms with Crippen molar-refractivity contribution in [1.82, 2.24) is 0 Å². The van der Waals surface area contributed by atoms with Gasteiger partial charge in [-0.05, 0) is 45.8 Å². The van der Waals surface area contributed by atoms with E-state index in [1.165, 1.54) is 6.07 Å². The molecule has 2 rings (SSSR count). The lowest BCUT2D eigenvalue weighted by atomic mass is 10.0. The van der Waals surface area contributed by atoms with E-state index < -0.39 is 0 Å². The molecule has 0 saturated carbocycles. The van der Waals surface area contributed by atoms with E-state index in [1.54, 1.807) is 26.4 Å². The van der Waals surface area contributed by atoms with Gasteiger partial charge >= 0.3 is 0 Å². The molecule has 2 aromatic rings. The van der Waals surface area contributed by atoms with Crippen LogP contribution in [0.25, 0.3) is 11.1 Å². The molecule has 0 bridgehead atoms. The SMILES string of the molecule is COc1ccc(-c2ccc(F)c(CN)c2)c(OC)c1Br. The molecular weight excluding hydrogens is 325 g/mol. The number of methoxy groups -OCH3 is 2. The number of rotatable bonds is 4. The van der Waals surface area contributed by atoms with E-state index in [9.17, 15) is 4.39 Å². The molecule has 2 aromatic carbocycles. The highest BCUT2D eigenvalue weighted by atomic mass is 79.9. The fraction of sp³-hybridized carbons (Fsp3) is 0.200. The van der Waals surface area contributed by atoms with Gasteiger partial charge in [-0.1, -0.05) is 6.07 Å². The predicted molar refractivity (Wildman–Crippen MR) is 80.5 cm³/mol. The summed E-state index contributed by atoms with van der Waals surface area (Å²) in [6.07, 6.45) is 0. The molecule has 0 radical (unpaired) electrons. The molecule has 20 heavy (non-hydrogen) atoms. The average molecular weight is 340 g/mol. The minimum atomic E-state index is -0.303. The van der Waals surface area contributed by atoms with E-state index in [-0.39, 0.29) is 12.4 Å². The van der Waals surface area contributed by atoms with Crippen LogP contribution in [-0.4, -0.2) is 14.2 Å². The first-order valence-electron chi connectivity index (χ1n) is 6.01. The quantitative estimate of drug-likeness (QED) is 0.922. The van der Waals surface area contributed by atoms with E-state index in [0.717, 1.165) is 15.6 Å². The van der Waals surface area contributed by atoms with Crippen LogP contribution in [0.15, 0.2) is 34.8 Å². The van der Waals surface area contributed by atoms with Gasteiger partial charge in [-0.2, -0.15) is 0 Å². The van der Waals surface area contributed by atoms with Gasteiger partial charge in [-0.25, -0.2) is 4.39 Å². The first-order chi connectivity index (χ1) is 9.62. The van der Waals surface area contributed by atoms with Crippen molar-refractivity contribution in [2.75, 3.05) is 14.2 Å². The van der Waals surface area contributed by atoms with Crippen LogP contribution < -0.4 is 15.2 Å². The normalized spacial score (nSPS) is 10.4. The van der Waals surface area contributed by atoms with Gasteiger partial charge < -0.3 is 15.2 Å². The maximum Gasteiger partial charge on any atom is 0.144 e. The summed E-state index contributed by atoms with van der Waals surface area (Å²) in [6.45, 7) is 0.152. The number of halogens is 2. The zero-order valence-electron chi connectivity index (χ0n) is 11.2. The summed E-state index contributed by atoms with van der Waals surface area (Å²) in [7, 11) is 3.17. The summed E-state index contributed by atoms with van der Waals surface area (Å²) in [5, 5.41) is 0. The molecule has 0 aromatic heterocycles. The van der Waals surface area contributed by atoms with Crippen molar-refractivity contribution in [3.8, 4) is 22.6 Å². The van der Waals surface area contributed by atoms with E-state index in [1.807, 2.05) is 12.1 Å². The molecule has 106 valence electrons. The molecule has 0 unspecified atom stereocenters. The summed E-state index contributed by atoms with van der Waals surface area (Å²) >= 11 is 3.45. The Morgan fingerprint density at radius 1 is 1.15 bits per heavy atom. The Bertz CT molecular complexity index is 632. The first kappa shape index (κ1) is 14.8. The Morgan fingerprint density at radius 3 is 2.50 bits per heavy atom. The fourth-order valence-electron chi connectivity index (χ4n) is 2.02.